The zero-order valence-electron chi connectivity index (χ0n) is 11.2. The lowest BCUT2D eigenvalue weighted by Crippen LogP contribution is -2.08. The summed E-state index contributed by atoms with van der Waals surface area (Å²) in [5.41, 5.74) is 1.57. The molecule has 0 aliphatic heterocycles. The van der Waals surface area contributed by atoms with Crippen molar-refractivity contribution in [3.8, 4) is 17.0 Å². The maximum absolute atomic E-state index is 8.71. The molecule has 3 rings (SSSR count). The van der Waals surface area contributed by atoms with Crippen LogP contribution in [0.1, 0.15) is 5.56 Å². The van der Waals surface area contributed by atoms with Crippen LogP contribution < -0.4 is 9.47 Å². The average Bonchev–Trinajstić information content (AvgIpc) is 2.95. The summed E-state index contributed by atoms with van der Waals surface area (Å²) >= 11 is 1.52. The van der Waals surface area contributed by atoms with Gasteiger partial charge >= 0.3 is 0 Å². The molecule has 2 aromatic carbocycles. The molecule has 0 saturated heterocycles. The van der Waals surface area contributed by atoms with Gasteiger partial charge in [0.05, 0.1) is 21.8 Å². The zero-order valence-corrected chi connectivity index (χ0v) is 12.0. The number of aromatic nitrogens is 1. The van der Waals surface area contributed by atoms with Gasteiger partial charge in [-0.2, -0.15) is 5.26 Å². The molecule has 21 heavy (non-hydrogen) atoms. The fourth-order valence-corrected chi connectivity index (χ4v) is 2.67. The van der Waals surface area contributed by atoms with Crippen LogP contribution in [0.3, 0.4) is 0 Å². The summed E-state index contributed by atoms with van der Waals surface area (Å²) in [6.07, 6.45) is 0. The molecule has 0 aliphatic rings. The minimum absolute atomic E-state index is 0.430. The molecular weight excluding hydrogens is 284 g/mol. The Morgan fingerprint density at radius 1 is 1.00 bits per heavy atom. The van der Waals surface area contributed by atoms with Gasteiger partial charge in [-0.15, -0.1) is 0 Å². The molecule has 1 heterocycles. The van der Waals surface area contributed by atoms with Gasteiger partial charge in [0.25, 0.3) is 5.19 Å². The van der Waals surface area contributed by atoms with Crippen molar-refractivity contribution in [1.82, 2.24) is 4.98 Å². The Kier molecular flexibility index (Phi) is 3.99. The number of nitriles is 1. The number of thiazole rings is 1. The van der Waals surface area contributed by atoms with E-state index in [2.05, 4.69) is 11.1 Å². The van der Waals surface area contributed by atoms with Gasteiger partial charge in [0.15, 0.2) is 0 Å². The number of hydrogen-bond donors (Lipinski definition) is 0. The van der Waals surface area contributed by atoms with E-state index in [-0.39, 0.29) is 0 Å². The van der Waals surface area contributed by atoms with Crippen molar-refractivity contribution in [3.05, 3.63) is 54.1 Å². The smallest absolute Gasteiger partial charge is 0.274 e. The van der Waals surface area contributed by atoms with E-state index in [0.29, 0.717) is 24.0 Å². The third kappa shape index (κ3) is 3.30. The van der Waals surface area contributed by atoms with Gasteiger partial charge in [-0.3, -0.25) is 0 Å². The summed E-state index contributed by atoms with van der Waals surface area (Å²) in [5, 5.41) is 9.36. The summed E-state index contributed by atoms with van der Waals surface area (Å²) in [6, 6.07) is 17.0. The first-order chi connectivity index (χ1) is 10.3. The second-order valence-corrected chi connectivity index (χ2v) is 5.27. The number of fused-ring (bicyclic) bond motifs is 1. The fraction of sp³-hybridized carbons (Fsp3) is 0.125. The van der Waals surface area contributed by atoms with E-state index >= 15 is 0 Å². The number of rotatable bonds is 5. The van der Waals surface area contributed by atoms with Gasteiger partial charge in [0.2, 0.25) is 0 Å². The minimum atomic E-state index is 0.430. The van der Waals surface area contributed by atoms with E-state index in [0.717, 1.165) is 16.0 Å². The van der Waals surface area contributed by atoms with E-state index in [1.54, 1.807) is 24.3 Å². The van der Waals surface area contributed by atoms with Crippen LogP contribution in [-0.2, 0) is 0 Å². The predicted molar refractivity (Wildman–Crippen MR) is 81.8 cm³/mol. The number of benzene rings is 2. The number of ether oxygens (including phenoxy) is 2. The van der Waals surface area contributed by atoms with Crippen molar-refractivity contribution >= 4 is 21.6 Å². The Bertz CT molecular complexity index is 742. The standard InChI is InChI=1S/C16H12N2O2S/c17-11-12-5-7-13(8-6-12)19-9-10-20-16-18-14-3-1-2-4-15(14)21-16/h1-8H,9-10H2. The van der Waals surface area contributed by atoms with E-state index in [1.165, 1.54) is 11.3 Å². The first kappa shape index (κ1) is 13.4. The summed E-state index contributed by atoms with van der Waals surface area (Å²) < 4.78 is 12.2. The number of hydrogen-bond acceptors (Lipinski definition) is 5. The molecule has 1 aromatic heterocycles. The Hall–Kier alpha value is -2.58. The van der Waals surface area contributed by atoms with E-state index < -0.39 is 0 Å². The highest BCUT2D eigenvalue weighted by Crippen LogP contribution is 2.27. The van der Waals surface area contributed by atoms with Crippen molar-refractivity contribution < 1.29 is 9.47 Å². The molecular formula is C16H12N2O2S. The molecule has 0 saturated carbocycles. The largest absolute Gasteiger partial charge is 0.490 e. The molecule has 104 valence electrons. The SMILES string of the molecule is N#Cc1ccc(OCCOc2nc3ccccc3s2)cc1. The van der Waals surface area contributed by atoms with Gasteiger partial charge < -0.3 is 9.47 Å². The molecule has 3 aromatic rings. The summed E-state index contributed by atoms with van der Waals surface area (Å²) in [6.45, 7) is 0.863. The number of para-hydroxylation sites is 1. The summed E-state index contributed by atoms with van der Waals surface area (Å²) in [5.74, 6) is 0.724. The molecule has 0 amide bonds. The maximum atomic E-state index is 8.71. The third-order valence-corrected chi connectivity index (χ3v) is 3.78. The molecule has 0 spiro atoms. The van der Waals surface area contributed by atoms with Gasteiger partial charge in [-0.1, -0.05) is 23.5 Å². The van der Waals surface area contributed by atoms with E-state index in [9.17, 15) is 0 Å². The Morgan fingerprint density at radius 3 is 2.52 bits per heavy atom. The highest BCUT2D eigenvalue weighted by molar-refractivity contribution is 7.20. The lowest BCUT2D eigenvalue weighted by atomic mass is 10.2. The van der Waals surface area contributed by atoms with Crippen molar-refractivity contribution in [3.63, 3.8) is 0 Å². The second kappa shape index (κ2) is 6.25. The summed E-state index contributed by atoms with van der Waals surface area (Å²) in [4.78, 5) is 4.38. The van der Waals surface area contributed by atoms with Gasteiger partial charge in [-0.25, -0.2) is 4.98 Å². The second-order valence-electron chi connectivity index (χ2n) is 4.28. The van der Waals surface area contributed by atoms with Crippen molar-refractivity contribution in [2.24, 2.45) is 0 Å². The molecule has 0 N–H and O–H groups in total. The highest BCUT2D eigenvalue weighted by atomic mass is 32.1. The summed E-state index contributed by atoms with van der Waals surface area (Å²) in [7, 11) is 0. The van der Waals surface area contributed by atoms with Gasteiger partial charge in [-0.05, 0) is 36.4 Å². The molecule has 0 atom stereocenters. The van der Waals surface area contributed by atoms with E-state index in [1.807, 2.05) is 24.3 Å². The molecule has 0 bridgehead atoms. The molecule has 4 nitrogen and oxygen atoms in total. The van der Waals surface area contributed by atoms with Crippen LogP contribution in [0.4, 0.5) is 0 Å². The fourth-order valence-electron chi connectivity index (χ4n) is 1.83. The van der Waals surface area contributed by atoms with Crippen LogP contribution >= 0.6 is 11.3 Å². The molecule has 0 unspecified atom stereocenters. The molecule has 0 fully saturated rings. The van der Waals surface area contributed by atoms with Crippen molar-refractivity contribution in [2.75, 3.05) is 13.2 Å². The highest BCUT2D eigenvalue weighted by Gasteiger charge is 2.03. The lowest BCUT2D eigenvalue weighted by Gasteiger charge is -2.06. The van der Waals surface area contributed by atoms with Crippen LogP contribution in [0.15, 0.2) is 48.5 Å². The monoisotopic (exact) mass is 296 g/mol. The Morgan fingerprint density at radius 2 is 1.76 bits per heavy atom. The van der Waals surface area contributed by atoms with Crippen LogP contribution in [-0.4, -0.2) is 18.2 Å². The van der Waals surface area contributed by atoms with Crippen molar-refractivity contribution in [1.29, 1.82) is 5.26 Å². The van der Waals surface area contributed by atoms with Crippen LogP contribution in [0.25, 0.3) is 10.2 Å². The van der Waals surface area contributed by atoms with Gasteiger partial charge in [0, 0.05) is 0 Å². The normalized spacial score (nSPS) is 10.2. The Labute approximate surface area is 126 Å². The van der Waals surface area contributed by atoms with Gasteiger partial charge in [0.1, 0.15) is 19.0 Å². The van der Waals surface area contributed by atoms with Crippen LogP contribution in [0.2, 0.25) is 0 Å². The lowest BCUT2D eigenvalue weighted by molar-refractivity contribution is 0.217. The van der Waals surface area contributed by atoms with Crippen LogP contribution in [0, 0.1) is 11.3 Å². The minimum Gasteiger partial charge on any atom is -0.490 e. The zero-order chi connectivity index (χ0) is 14.5. The van der Waals surface area contributed by atoms with Crippen LogP contribution in [0.5, 0.6) is 10.9 Å². The molecule has 0 radical (unpaired) electrons. The first-order valence-electron chi connectivity index (χ1n) is 6.46. The topological polar surface area (TPSA) is 55.1 Å². The quantitative estimate of drug-likeness (QED) is 0.675. The molecule has 5 heteroatoms. The molecule has 0 aliphatic carbocycles. The average molecular weight is 296 g/mol. The first-order valence-corrected chi connectivity index (χ1v) is 7.28. The third-order valence-electron chi connectivity index (χ3n) is 2.84. The van der Waals surface area contributed by atoms with E-state index in [4.69, 9.17) is 14.7 Å². The Balaban J connectivity index is 1.50. The number of nitrogens with zero attached hydrogens (tertiary/aromatic N) is 2. The van der Waals surface area contributed by atoms with Crippen molar-refractivity contribution in [2.45, 2.75) is 0 Å². The predicted octanol–water partition coefficient (Wildman–Crippen LogP) is 3.63. The maximum Gasteiger partial charge on any atom is 0.274 e.